The van der Waals surface area contributed by atoms with Crippen LogP contribution in [0.3, 0.4) is 0 Å². The fraction of sp³-hybridized carbons (Fsp3) is 0.278. The molecule has 128 valence electrons. The van der Waals surface area contributed by atoms with E-state index in [1.165, 1.54) is 24.3 Å². The number of hydrogen-bond acceptors (Lipinski definition) is 4. The molecular weight excluding hydrogens is 313 g/mol. The summed E-state index contributed by atoms with van der Waals surface area (Å²) in [6.45, 7) is 2.25. The van der Waals surface area contributed by atoms with Crippen LogP contribution in [0.4, 0.5) is 4.39 Å². The average Bonchev–Trinajstić information content (AvgIpc) is 2.60. The maximum absolute atomic E-state index is 12.8. The van der Waals surface area contributed by atoms with Crippen molar-refractivity contribution in [2.24, 2.45) is 0 Å². The number of rotatable bonds is 8. The molecule has 0 unspecified atom stereocenters. The molecule has 0 radical (unpaired) electrons. The summed E-state index contributed by atoms with van der Waals surface area (Å²) in [6, 6.07) is 12.8. The molecule has 0 aliphatic heterocycles. The third kappa shape index (κ3) is 5.15. The number of methoxy groups -OCH3 is 1. The zero-order valence-electron chi connectivity index (χ0n) is 13.6. The van der Waals surface area contributed by atoms with Gasteiger partial charge in [0.05, 0.1) is 13.7 Å². The van der Waals surface area contributed by atoms with Crippen LogP contribution in [-0.4, -0.2) is 32.3 Å². The highest BCUT2D eigenvalue weighted by Gasteiger charge is 2.14. The van der Waals surface area contributed by atoms with E-state index >= 15 is 0 Å². The molecule has 24 heavy (non-hydrogen) atoms. The van der Waals surface area contributed by atoms with E-state index in [1.807, 2.05) is 12.1 Å². The number of carbonyl (C=O) groups excluding carboxylic acids is 1. The van der Waals surface area contributed by atoms with Gasteiger partial charge in [0.25, 0.3) is 5.91 Å². The van der Waals surface area contributed by atoms with Crippen LogP contribution in [0.2, 0.25) is 0 Å². The molecule has 0 fully saturated rings. The lowest BCUT2D eigenvalue weighted by Gasteiger charge is -2.15. The van der Waals surface area contributed by atoms with E-state index in [1.54, 1.807) is 26.2 Å². The SMILES string of the molecule is COc1ccccc1OCCNC(=O)[C@H](C)Oc1ccc(F)cc1. The molecule has 1 atom stereocenters. The summed E-state index contributed by atoms with van der Waals surface area (Å²) in [5.74, 6) is 1.06. The second kappa shape index (κ2) is 8.76. The summed E-state index contributed by atoms with van der Waals surface area (Å²) in [5.41, 5.74) is 0. The number of amides is 1. The van der Waals surface area contributed by atoms with Crippen LogP contribution in [0.5, 0.6) is 17.2 Å². The standard InChI is InChI=1S/C18H20FNO4/c1-13(24-15-9-7-14(19)8-10-15)18(21)20-11-12-23-17-6-4-3-5-16(17)22-2/h3-10,13H,11-12H2,1-2H3,(H,20,21)/t13-/m0/s1. The number of nitrogens with one attached hydrogen (secondary N) is 1. The molecule has 1 N–H and O–H groups in total. The summed E-state index contributed by atoms with van der Waals surface area (Å²) >= 11 is 0. The van der Waals surface area contributed by atoms with Gasteiger partial charge in [0, 0.05) is 0 Å². The highest BCUT2D eigenvalue weighted by molar-refractivity contribution is 5.80. The second-order valence-corrected chi connectivity index (χ2v) is 5.00. The highest BCUT2D eigenvalue weighted by atomic mass is 19.1. The van der Waals surface area contributed by atoms with E-state index in [-0.39, 0.29) is 11.7 Å². The second-order valence-electron chi connectivity index (χ2n) is 5.00. The number of para-hydroxylation sites is 2. The Morgan fingerprint density at radius 3 is 2.46 bits per heavy atom. The Balaban J connectivity index is 1.73. The van der Waals surface area contributed by atoms with Crippen LogP contribution in [0.1, 0.15) is 6.92 Å². The van der Waals surface area contributed by atoms with Crippen molar-refractivity contribution in [3.63, 3.8) is 0 Å². The maximum Gasteiger partial charge on any atom is 0.260 e. The Labute approximate surface area is 140 Å². The fourth-order valence-electron chi connectivity index (χ4n) is 1.99. The van der Waals surface area contributed by atoms with Gasteiger partial charge in [-0.3, -0.25) is 4.79 Å². The lowest BCUT2D eigenvalue weighted by molar-refractivity contribution is -0.127. The summed E-state index contributed by atoms with van der Waals surface area (Å²) in [7, 11) is 1.57. The molecule has 0 heterocycles. The van der Waals surface area contributed by atoms with Crippen molar-refractivity contribution >= 4 is 5.91 Å². The molecule has 0 aromatic heterocycles. The van der Waals surface area contributed by atoms with Crippen molar-refractivity contribution in [2.75, 3.05) is 20.3 Å². The quantitative estimate of drug-likeness (QED) is 0.755. The van der Waals surface area contributed by atoms with Gasteiger partial charge < -0.3 is 19.5 Å². The Kier molecular flexibility index (Phi) is 6.42. The van der Waals surface area contributed by atoms with E-state index in [4.69, 9.17) is 14.2 Å². The molecule has 2 rings (SSSR count). The lowest BCUT2D eigenvalue weighted by atomic mass is 10.3. The molecule has 1 amide bonds. The molecule has 2 aromatic carbocycles. The minimum absolute atomic E-state index is 0.275. The third-order valence-electron chi connectivity index (χ3n) is 3.22. The average molecular weight is 333 g/mol. The highest BCUT2D eigenvalue weighted by Crippen LogP contribution is 2.25. The normalized spacial score (nSPS) is 11.5. The molecule has 2 aromatic rings. The van der Waals surface area contributed by atoms with E-state index in [0.29, 0.717) is 30.4 Å². The smallest absolute Gasteiger partial charge is 0.260 e. The van der Waals surface area contributed by atoms with Crippen molar-refractivity contribution in [2.45, 2.75) is 13.0 Å². The van der Waals surface area contributed by atoms with Gasteiger partial charge in [-0.2, -0.15) is 0 Å². The van der Waals surface area contributed by atoms with Gasteiger partial charge in [0.1, 0.15) is 18.2 Å². The summed E-state index contributed by atoms with van der Waals surface area (Å²) < 4.78 is 29.0. The van der Waals surface area contributed by atoms with Crippen LogP contribution >= 0.6 is 0 Å². The van der Waals surface area contributed by atoms with Gasteiger partial charge in [-0.1, -0.05) is 12.1 Å². The van der Waals surface area contributed by atoms with Crippen molar-refractivity contribution < 1.29 is 23.4 Å². The van der Waals surface area contributed by atoms with Gasteiger partial charge in [-0.25, -0.2) is 4.39 Å². The number of carbonyl (C=O) groups is 1. The van der Waals surface area contributed by atoms with Crippen LogP contribution in [-0.2, 0) is 4.79 Å². The minimum atomic E-state index is -0.693. The fourth-order valence-corrected chi connectivity index (χ4v) is 1.99. The van der Waals surface area contributed by atoms with Crippen molar-refractivity contribution in [3.05, 3.63) is 54.3 Å². The number of hydrogen-bond donors (Lipinski definition) is 1. The lowest BCUT2D eigenvalue weighted by Crippen LogP contribution is -2.38. The van der Waals surface area contributed by atoms with E-state index in [2.05, 4.69) is 5.32 Å². The first-order valence-corrected chi connectivity index (χ1v) is 7.56. The van der Waals surface area contributed by atoms with Gasteiger partial charge >= 0.3 is 0 Å². The van der Waals surface area contributed by atoms with Gasteiger partial charge in [-0.05, 0) is 43.3 Å². The monoisotopic (exact) mass is 333 g/mol. The van der Waals surface area contributed by atoms with Gasteiger partial charge in [0.15, 0.2) is 17.6 Å². The van der Waals surface area contributed by atoms with Gasteiger partial charge in [0.2, 0.25) is 0 Å². The Bertz CT molecular complexity index is 660. The topological polar surface area (TPSA) is 56.8 Å². The van der Waals surface area contributed by atoms with Crippen LogP contribution in [0, 0.1) is 5.82 Å². The van der Waals surface area contributed by atoms with Crippen molar-refractivity contribution in [1.29, 1.82) is 0 Å². The Hall–Kier alpha value is -2.76. The first-order valence-electron chi connectivity index (χ1n) is 7.56. The maximum atomic E-state index is 12.8. The van der Waals surface area contributed by atoms with E-state index in [0.717, 1.165) is 0 Å². The molecule has 0 aliphatic carbocycles. The molecule has 0 saturated carbocycles. The molecular formula is C18H20FNO4. The molecule has 6 heteroatoms. The number of benzene rings is 2. The minimum Gasteiger partial charge on any atom is -0.493 e. The molecule has 0 spiro atoms. The van der Waals surface area contributed by atoms with Gasteiger partial charge in [-0.15, -0.1) is 0 Å². The number of halogens is 1. The zero-order chi connectivity index (χ0) is 17.4. The summed E-state index contributed by atoms with van der Waals surface area (Å²) in [6.07, 6.45) is -0.693. The summed E-state index contributed by atoms with van der Waals surface area (Å²) in [4.78, 5) is 12.0. The predicted molar refractivity (Wildman–Crippen MR) is 88.0 cm³/mol. The zero-order valence-corrected chi connectivity index (χ0v) is 13.6. The molecule has 5 nitrogen and oxygen atoms in total. The van der Waals surface area contributed by atoms with Crippen LogP contribution in [0.15, 0.2) is 48.5 Å². The largest absolute Gasteiger partial charge is 0.493 e. The molecule has 0 saturated heterocycles. The molecule has 0 aliphatic rings. The summed E-state index contributed by atoms with van der Waals surface area (Å²) in [5, 5.41) is 2.72. The Morgan fingerprint density at radius 1 is 1.12 bits per heavy atom. The number of ether oxygens (including phenoxy) is 3. The first kappa shape index (κ1) is 17.6. The predicted octanol–water partition coefficient (Wildman–Crippen LogP) is 2.80. The van der Waals surface area contributed by atoms with E-state index < -0.39 is 6.10 Å². The Morgan fingerprint density at radius 2 is 1.79 bits per heavy atom. The van der Waals surface area contributed by atoms with Crippen molar-refractivity contribution in [3.8, 4) is 17.2 Å². The van der Waals surface area contributed by atoms with Crippen LogP contribution < -0.4 is 19.5 Å². The third-order valence-corrected chi connectivity index (χ3v) is 3.22. The molecule has 0 bridgehead atoms. The van der Waals surface area contributed by atoms with E-state index in [9.17, 15) is 9.18 Å². The van der Waals surface area contributed by atoms with Crippen molar-refractivity contribution in [1.82, 2.24) is 5.32 Å². The van der Waals surface area contributed by atoms with Crippen LogP contribution in [0.25, 0.3) is 0 Å². The first-order chi connectivity index (χ1) is 11.6.